The second kappa shape index (κ2) is 6.64. The van der Waals surface area contributed by atoms with Crippen LogP contribution in [-0.2, 0) is 14.3 Å². The minimum absolute atomic E-state index is 0.00728. The number of benzene rings is 1. The summed E-state index contributed by atoms with van der Waals surface area (Å²) in [7, 11) is 0. The Morgan fingerprint density at radius 3 is 2.83 bits per heavy atom. The highest BCUT2D eigenvalue weighted by Crippen LogP contribution is 2.19. The van der Waals surface area contributed by atoms with Crippen LogP contribution in [0.15, 0.2) is 23.7 Å². The molecule has 1 aromatic heterocycles. The molecule has 1 fully saturated rings. The highest BCUT2D eigenvalue weighted by atomic mass is 32.1. The van der Waals surface area contributed by atoms with E-state index < -0.39 is 5.97 Å². The molecular weight excluding hydrogens is 316 g/mol. The van der Waals surface area contributed by atoms with E-state index in [-0.39, 0.29) is 24.7 Å². The molecule has 1 aromatic carbocycles. The molecule has 0 radical (unpaired) electrons. The van der Waals surface area contributed by atoms with E-state index in [1.54, 1.807) is 28.6 Å². The normalized spacial score (nSPS) is 21.4. The van der Waals surface area contributed by atoms with Crippen molar-refractivity contribution in [3.63, 3.8) is 0 Å². The number of carbonyl (C=O) groups excluding carboxylic acids is 2. The van der Waals surface area contributed by atoms with Crippen molar-refractivity contribution in [2.45, 2.75) is 26.1 Å². The van der Waals surface area contributed by atoms with Crippen LogP contribution in [-0.4, -0.2) is 53.7 Å². The molecule has 0 spiro atoms. The van der Waals surface area contributed by atoms with E-state index in [1.807, 2.05) is 13.8 Å². The third-order valence-electron chi connectivity index (χ3n) is 3.67. The number of hydrogen-bond acceptors (Lipinski definition) is 6. The molecule has 7 heteroatoms. The van der Waals surface area contributed by atoms with Crippen LogP contribution in [0.5, 0.6) is 0 Å². The molecule has 6 nitrogen and oxygen atoms in total. The quantitative estimate of drug-likeness (QED) is 0.804. The molecule has 3 rings (SSSR count). The minimum Gasteiger partial charge on any atom is -0.452 e. The number of ether oxygens (including phenoxy) is 2. The van der Waals surface area contributed by atoms with E-state index >= 15 is 0 Å². The molecule has 2 heterocycles. The summed E-state index contributed by atoms with van der Waals surface area (Å²) in [6.45, 7) is 4.64. The Hall–Kier alpha value is -1.99. The number of morpholine rings is 1. The number of aromatic nitrogens is 1. The number of fused-ring (bicyclic) bond motifs is 1. The molecule has 2 unspecified atom stereocenters. The summed E-state index contributed by atoms with van der Waals surface area (Å²) in [5.74, 6) is -0.692. The maximum absolute atomic E-state index is 12.2. The molecule has 23 heavy (non-hydrogen) atoms. The lowest BCUT2D eigenvalue weighted by atomic mass is 10.2. The topological polar surface area (TPSA) is 68.7 Å². The predicted octanol–water partition coefficient (Wildman–Crippen LogP) is 2.09. The van der Waals surface area contributed by atoms with Crippen molar-refractivity contribution in [1.82, 2.24) is 9.88 Å². The van der Waals surface area contributed by atoms with Gasteiger partial charge in [0.25, 0.3) is 5.91 Å². The average Bonchev–Trinajstić information content (AvgIpc) is 2.98. The van der Waals surface area contributed by atoms with Gasteiger partial charge in [-0.2, -0.15) is 0 Å². The number of esters is 1. The molecule has 0 N–H and O–H groups in total. The summed E-state index contributed by atoms with van der Waals surface area (Å²) in [6.07, 6.45) is -0.0146. The van der Waals surface area contributed by atoms with Gasteiger partial charge < -0.3 is 14.4 Å². The number of amides is 1. The fraction of sp³-hybridized carbons (Fsp3) is 0.438. The standard InChI is InChI=1S/C16H18N2O4S/c1-10-6-18(7-11(2)22-10)15(19)8-21-16(20)12-3-4-13-14(5-12)23-9-17-13/h3-5,9-11H,6-8H2,1-2H3. The van der Waals surface area contributed by atoms with E-state index in [9.17, 15) is 9.59 Å². The fourth-order valence-corrected chi connectivity index (χ4v) is 3.38. The first-order valence-corrected chi connectivity index (χ1v) is 8.34. The van der Waals surface area contributed by atoms with Gasteiger partial charge in [-0.05, 0) is 32.0 Å². The van der Waals surface area contributed by atoms with Gasteiger partial charge in [-0.3, -0.25) is 4.79 Å². The van der Waals surface area contributed by atoms with Crippen molar-refractivity contribution in [2.75, 3.05) is 19.7 Å². The van der Waals surface area contributed by atoms with E-state index in [4.69, 9.17) is 9.47 Å². The molecule has 0 bridgehead atoms. The zero-order chi connectivity index (χ0) is 16.4. The molecule has 122 valence electrons. The second-order valence-corrected chi connectivity index (χ2v) is 6.55. The molecule has 1 aliphatic heterocycles. The highest BCUT2D eigenvalue weighted by Gasteiger charge is 2.26. The Bertz CT molecular complexity index is 720. The number of nitrogens with zero attached hydrogens (tertiary/aromatic N) is 2. The first-order chi connectivity index (χ1) is 11.0. The summed E-state index contributed by atoms with van der Waals surface area (Å²) in [6, 6.07) is 5.17. The van der Waals surface area contributed by atoms with Gasteiger partial charge in [0, 0.05) is 13.1 Å². The Labute approximate surface area is 138 Å². The molecule has 2 atom stereocenters. The molecule has 0 aliphatic carbocycles. The van der Waals surface area contributed by atoms with Crippen LogP contribution in [0.25, 0.3) is 10.2 Å². The number of carbonyl (C=O) groups is 2. The summed E-state index contributed by atoms with van der Waals surface area (Å²) in [5, 5.41) is 0. The van der Waals surface area contributed by atoms with Crippen LogP contribution in [0.3, 0.4) is 0 Å². The van der Waals surface area contributed by atoms with E-state index in [1.165, 1.54) is 11.3 Å². The molecule has 1 aliphatic rings. The van der Waals surface area contributed by atoms with Gasteiger partial charge in [-0.1, -0.05) is 0 Å². The number of thiazole rings is 1. The van der Waals surface area contributed by atoms with E-state index in [0.29, 0.717) is 18.7 Å². The van der Waals surface area contributed by atoms with Gasteiger partial charge in [-0.25, -0.2) is 9.78 Å². The van der Waals surface area contributed by atoms with Crippen molar-refractivity contribution in [3.05, 3.63) is 29.3 Å². The summed E-state index contributed by atoms with van der Waals surface area (Å²) >= 11 is 1.46. The summed E-state index contributed by atoms with van der Waals surface area (Å²) in [4.78, 5) is 30.1. The van der Waals surface area contributed by atoms with Gasteiger partial charge >= 0.3 is 5.97 Å². The van der Waals surface area contributed by atoms with Gasteiger partial charge in [-0.15, -0.1) is 11.3 Å². The van der Waals surface area contributed by atoms with Crippen molar-refractivity contribution in [1.29, 1.82) is 0 Å². The van der Waals surface area contributed by atoms with Crippen LogP contribution < -0.4 is 0 Å². The van der Waals surface area contributed by atoms with Crippen molar-refractivity contribution < 1.29 is 19.1 Å². The summed E-state index contributed by atoms with van der Waals surface area (Å²) in [5.41, 5.74) is 3.00. The Morgan fingerprint density at radius 2 is 2.09 bits per heavy atom. The largest absolute Gasteiger partial charge is 0.452 e. The first-order valence-electron chi connectivity index (χ1n) is 7.46. The Morgan fingerprint density at radius 1 is 1.35 bits per heavy atom. The molecular formula is C16H18N2O4S. The SMILES string of the molecule is CC1CN(C(=O)COC(=O)c2ccc3ncsc3c2)CC(C)O1. The van der Waals surface area contributed by atoms with Gasteiger partial charge in [0.1, 0.15) is 0 Å². The lowest BCUT2D eigenvalue weighted by Gasteiger charge is -2.35. The van der Waals surface area contributed by atoms with Crippen molar-refractivity contribution in [3.8, 4) is 0 Å². The van der Waals surface area contributed by atoms with Gasteiger partial charge in [0.2, 0.25) is 0 Å². The second-order valence-electron chi connectivity index (χ2n) is 5.67. The zero-order valence-corrected chi connectivity index (χ0v) is 13.8. The van der Waals surface area contributed by atoms with Crippen molar-refractivity contribution >= 4 is 33.4 Å². The molecule has 2 aromatic rings. The minimum atomic E-state index is -0.497. The highest BCUT2D eigenvalue weighted by molar-refractivity contribution is 7.16. The van der Waals surface area contributed by atoms with E-state index in [2.05, 4.69) is 4.98 Å². The predicted molar refractivity (Wildman–Crippen MR) is 86.5 cm³/mol. The third-order valence-corrected chi connectivity index (χ3v) is 4.46. The van der Waals surface area contributed by atoms with Crippen LogP contribution in [0.4, 0.5) is 0 Å². The van der Waals surface area contributed by atoms with Crippen molar-refractivity contribution in [2.24, 2.45) is 0 Å². The lowest BCUT2D eigenvalue weighted by Crippen LogP contribution is -2.49. The lowest BCUT2D eigenvalue weighted by molar-refractivity contribution is -0.146. The molecule has 1 saturated heterocycles. The maximum atomic E-state index is 12.2. The van der Waals surface area contributed by atoms with Gasteiger partial charge in [0.05, 0.1) is 33.5 Å². The Kier molecular flexibility index (Phi) is 4.58. The fourth-order valence-electron chi connectivity index (χ4n) is 2.67. The van der Waals surface area contributed by atoms with Crippen LogP contribution in [0, 0.1) is 0 Å². The maximum Gasteiger partial charge on any atom is 0.338 e. The monoisotopic (exact) mass is 334 g/mol. The smallest absolute Gasteiger partial charge is 0.338 e. The number of hydrogen-bond donors (Lipinski definition) is 0. The first kappa shape index (κ1) is 15.9. The van der Waals surface area contributed by atoms with Crippen LogP contribution >= 0.6 is 11.3 Å². The van der Waals surface area contributed by atoms with Crippen LogP contribution in [0.2, 0.25) is 0 Å². The average molecular weight is 334 g/mol. The molecule has 0 saturated carbocycles. The third kappa shape index (κ3) is 3.68. The Balaban J connectivity index is 1.58. The summed E-state index contributed by atoms with van der Waals surface area (Å²) < 4.78 is 11.7. The van der Waals surface area contributed by atoms with E-state index in [0.717, 1.165) is 10.2 Å². The van der Waals surface area contributed by atoms with Crippen LogP contribution in [0.1, 0.15) is 24.2 Å². The number of rotatable bonds is 3. The zero-order valence-electron chi connectivity index (χ0n) is 13.0. The van der Waals surface area contributed by atoms with Gasteiger partial charge in [0.15, 0.2) is 6.61 Å². The molecule has 1 amide bonds.